The van der Waals surface area contributed by atoms with Gasteiger partial charge in [0.25, 0.3) is 0 Å². The van der Waals surface area contributed by atoms with Gasteiger partial charge in [0.1, 0.15) is 0 Å². The molecule has 1 aliphatic heterocycles. The van der Waals surface area contributed by atoms with Crippen LogP contribution in [0.3, 0.4) is 0 Å². The summed E-state index contributed by atoms with van der Waals surface area (Å²) in [6, 6.07) is 12.3. The Morgan fingerprint density at radius 1 is 1.15 bits per heavy atom. The van der Waals surface area contributed by atoms with Crippen molar-refractivity contribution in [3.63, 3.8) is 0 Å². The smallest absolute Gasteiger partial charge is 0.0967 e. The summed E-state index contributed by atoms with van der Waals surface area (Å²) in [6.45, 7) is 4.23. The van der Waals surface area contributed by atoms with E-state index in [9.17, 15) is 0 Å². The molecule has 4 rings (SSSR count). The minimum absolute atomic E-state index is 0. The quantitative estimate of drug-likeness (QED) is 0.708. The molecule has 1 N–H and O–H groups in total. The second-order valence-corrected chi connectivity index (χ2v) is 6.89. The second kappa shape index (κ2) is 9.28. The monoisotopic (exact) mass is 404 g/mol. The highest BCUT2D eigenvalue weighted by Crippen LogP contribution is 2.29. The molecule has 0 radical (unpaired) electrons. The summed E-state index contributed by atoms with van der Waals surface area (Å²) in [6.07, 6.45) is 5.64. The molecule has 1 aliphatic rings. The molecule has 0 amide bonds. The van der Waals surface area contributed by atoms with Gasteiger partial charge < -0.3 is 5.32 Å². The van der Waals surface area contributed by atoms with Crippen LogP contribution >= 0.6 is 24.0 Å². The minimum atomic E-state index is 0. The fraction of sp³-hybridized carbons (Fsp3) is 0.316. The number of rotatable bonds is 5. The van der Waals surface area contributed by atoms with Gasteiger partial charge in [-0.05, 0) is 23.3 Å². The van der Waals surface area contributed by atoms with Gasteiger partial charge >= 0.3 is 0 Å². The number of pyridine rings is 1. The zero-order valence-electron chi connectivity index (χ0n) is 14.8. The molecular weight excluding hydrogens is 383 g/mol. The zero-order chi connectivity index (χ0) is 17.8. The normalized spacial score (nSPS) is 17.4. The van der Waals surface area contributed by atoms with Gasteiger partial charge in [0.2, 0.25) is 0 Å². The van der Waals surface area contributed by atoms with E-state index >= 15 is 0 Å². The molecule has 1 fully saturated rings. The maximum atomic E-state index is 6.43. The van der Waals surface area contributed by atoms with Crippen LogP contribution in [0.25, 0.3) is 0 Å². The molecular formula is C19H22Cl2N6. The molecule has 1 atom stereocenters. The Morgan fingerprint density at radius 2 is 2.04 bits per heavy atom. The first kappa shape index (κ1) is 19.8. The van der Waals surface area contributed by atoms with Crippen molar-refractivity contribution in [2.45, 2.75) is 19.1 Å². The zero-order valence-corrected chi connectivity index (χ0v) is 16.4. The lowest BCUT2D eigenvalue weighted by atomic mass is 10.0. The number of aromatic nitrogens is 4. The van der Waals surface area contributed by atoms with Gasteiger partial charge in [-0.3, -0.25) is 9.88 Å². The van der Waals surface area contributed by atoms with Gasteiger partial charge in [0, 0.05) is 49.6 Å². The Kier molecular flexibility index (Phi) is 6.79. The molecule has 0 aliphatic carbocycles. The molecule has 1 aromatic carbocycles. The van der Waals surface area contributed by atoms with E-state index < -0.39 is 0 Å². The van der Waals surface area contributed by atoms with Gasteiger partial charge in [0.05, 0.1) is 18.4 Å². The number of hydrogen-bond acceptors (Lipinski definition) is 5. The third-order valence-corrected chi connectivity index (χ3v) is 4.98. The van der Waals surface area contributed by atoms with Gasteiger partial charge in [-0.2, -0.15) is 0 Å². The fourth-order valence-corrected chi connectivity index (χ4v) is 3.62. The van der Waals surface area contributed by atoms with Crippen molar-refractivity contribution in [3.05, 3.63) is 76.8 Å². The van der Waals surface area contributed by atoms with Gasteiger partial charge in [-0.25, -0.2) is 4.68 Å². The van der Waals surface area contributed by atoms with Crippen molar-refractivity contribution in [2.75, 3.05) is 19.6 Å². The summed E-state index contributed by atoms with van der Waals surface area (Å²) >= 11 is 6.43. The molecule has 1 unspecified atom stereocenters. The SMILES string of the molecule is Cl.Clc1ccccc1C1CNCCN1Cc1cn(Cc2cccnc2)nn1. The number of piperazine rings is 1. The number of halogens is 2. The Bertz CT molecular complexity index is 854. The van der Waals surface area contributed by atoms with Crippen LogP contribution in [0.5, 0.6) is 0 Å². The summed E-state index contributed by atoms with van der Waals surface area (Å²) in [5.74, 6) is 0. The summed E-state index contributed by atoms with van der Waals surface area (Å²) < 4.78 is 1.86. The molecule has 0 spiro atoms. The second-order valence-electron chi connectivity index (χ2n) is 6.48. The topological polar surface area (TPSA) is 58.9 Å². The van der Waals surface area contributed by atoms with Crippen molar-refractivity contribution in [1.29, 1.82) is 0 Å². The molecule has 27 heavy (non-hydrogen) atoms. The average molecular weight is 405 g/mol. The van der Waals surface area contributed by atoms with E-state index in [1.807, 2.05) is 47.4 Å². The summed E-state index contributed by atoms with van der Waals surface area (Å²) in [4.78, 5) is 6.56. The van der Waals surface area contributed by atoms with Crippen LogP contribution in [0.15, 0.2) is 55.0 Å². The highest BCUT2D eigenvalue weighted by Gasteiger charge is 2.26. The third kappa shape index (κ3) is 4.84. The number of nitrogens with zero attached hydrogens (tertiary/aromatic N) is 5. The molecule has 1 saturated heterocycles. The maximum Gasteiger partial charge on any atom is 0.0967 e. The van der Waals surface area contributed by atoms with E-state index in [1.54, 1.807) is 6.20 Å². The molecule has 142 valence electrons. The first-order valence-electron chi connectivity index (χ1n) is 8.77. The van der Waals surface area contributed by atoms with Gasteiger partial charge in [0.15, 0.2) is 0 Å². The lowest BCUT2D eigenvalue weighted by molar-refractivity contribution is 0.152. The van der Waals surface area contributed by atoms with Gasteiger partial charge in [-0.1, -0.05) is 41.1 Å². The van der Waals surface area contributed by atoms with Crippen molar-refractivity contribution >= 4 is 24.0 Å². The van der Waals surface area contributed by atoms with Crippen LogP contribution in [0.2, 0.25) is 5.02 Å². The number of hydrogen-bond donors (Lipinski definition) is 1. The molecule has 2 aromatic heterocycles. The lowest BCUT2D eigenvalue weighted by Crippen LogP contribution is -2.45. The van der Waals surface area contributed by atoms with Crippen LogP contribution in [0.1, 0.15) is 22.9 Å². The molecule has 6 nitrogen and oxygen atoms in total. The molecule has 3 heterocycles. The number of benzene rings is 1. The van der Waals surface area contributed by atoms with Crippen molar-refractivity contribution in [3.8, 4) is 0 Å². The van der Waals surface area contributed by atoms with Gasteiger partial charge in [-0.15, -0.1) is 17.5 Å². The average Bonchev–Trinajstić information content (AvgIpc) is 3.10. The van der Waals surface area contributed by atoms with E-state index in [1.165, 1.54) is 0 Å². The number of nitrogens with one attached hydrogen (secondary N) is 1. The standard InChI is InChI=1S/C19H21ClN6.ClH/c20-18-6-2-1-5-17(18)19-11-22-8-9-25(19)13-16-14-26(24-23-16)12-15-4-3-7-21-10-15;/h1-7,10,14,19,22H,8-9,11-13H2;1H. The predicted molar refractivity (Wildman–Crippen MR) is 108 cm³/mol. The van der Waals surface area contributed by atoms with Crippen LogP contribution in [-0.2, 0) is 13.1 Å². The molecule has 3 aromatic rings. The van der Waals surface area contributed by atoms with E-state index in [2.05, 4.69) is 31.6 Å². The Morgan fingerprint density at radius 3 is 2.85 bits per heavy atom. The summed E-state index contributed by atoms with van der Waals surface area (Å²) in [5.41, 5.74) is 3.23. The maximum absolute atomic E-state index is 6.43. The lowest BCUT2D eigenvalue weighted by Gasteiger charge is -2.36. The van der Waals surface area contributed by atoms with E-state index in [0.717, 1.165) is 48.0 Å². The summed E-state index contributed by atoms with van der Waals surface area (Å²) in [5, 5.41) is 12.9. The highest BCUT2D eigenvalue weighted by molar-refractivity contribution is 6.31. The van der Waals surface area contributed by atoms with Crippen LogP contribution in [0, 0.1) is 0 Å². The van der Waals surface area contributed by atoms with E-state index in [4.69, 9.17) is 11.6 Å². The molecule has 0 bridgehead atoms. The van der Waals surface area contributed by atoms with Crippen molar-refractivity contribution in [1.82, 2.24) is 30.2 Å². The summed E-state index contributed by atoms with van der Waals surface area (Å²) in [7, 11) is 0. The van der Waals surface area contributed by atoms with E-state index in [-0.39, 0.29) is 18.4 Å². The van der Waals surface area contributed by atoms with Crippen molar-refractivity contribution in [2.24, 2.45) is 0 Å². The fourth-order valence-electron chi connectivity index (χ4n) is 3.36. The van der Waals surface area contributed by atoms with Crippen LogP contribution in [0.4, 0.5) is 0 Å². The van der Waals surface area contributed by atoms with E-state index in [0.29, 0.717) is 6.54 Å². The first-order valence-corrected chi connectivity index (χ1v) is 9.14. The first-order chi connectivity index (χ1) is 12.8. The van der Waals surface area contributed by atoms with Crippen LogP contribution < -0.4 is 5.32 Å². The Labute approximate surface area is 170 Å². The van der Waals surface area contributed by atoms with Crippen molar-refractivity contribution < 1.29 is 0 Å². The minimum Gasteiger partial charge on any atom is -0.314 e. The molecule has 8 heteroatoms. The highest BCUT2D eigenvalue weighted by atomic mass is 35.5. The molecule has 0 saturated carbocycles. The van der Waals surface area contributed by atoms with Crippen LogP contribution in [-0.4, -0.2) is 44.5 Å². The Hall–Kier alpha value is -1.99. The predicted octanol–water partition coefficient (Wildman–Crippen LogP) is 2.94. The Balaban J connectivity index is 0.00000210. The third-order valence-electron chi connectivity index (χ3n) is 4.64. The largest absolute Gasteiger partial charge is 0.314 e.